The van der Waals surface area contributed by atoms with Crippen molar-refractivity contribution in [2.45, 2.75) is 13.5 Å². The lowest BCUT2D eigenvalue weighted by molar-refractivity contribution is -0.138. The Hall–Kier alpha value is -3.29. The number of esters is 1. The molecule has 1 heterocycles. The normalized spacial score (nSPS) is 15.7. The monoisotopic (exact) mass is 535 g/mol. The lowest BCUT2D eigenvalue weighted by atomic mass is 10.1. The number of hydrogen-bond acceptors (Lipinski definition) is 6. The average Bonchev–Trinajstić information content (AvgIpc) is 3.14. The number of aliphatic hydroxyl groups is 1. The zero-order valence-electron chi connectivity index (χ0n) is 18.4. The Labute approximate surface area is 211 Å². The number of hydrogen-bond donors (Lipinski definition) is 1. The number of rotatable bonds is 7. The van der Waals surface area contributed by atoms with Gasteiger partial charge in [0, 0.05) is 10.0 Å². The van der Waals surface area contributed by atoms with Gasteiger partial charge < -0.3 is 14.6 Å². The second-order valence-electron chi connectivity index (χ2n) is 7.26. The first-order valence-electron chi connectivity index (χ1n) is 10.7. The summed E-state index contributed by atoms with van der Waals surface area (Å²) in [5.74, 6) is -0.0938. The Morgan fingerprint density at radius 2 is 1.74 bits per heavy atom. The van der Waals surface area contributed by atoms with Crippen LogP contribution < -0.4 is 4.74 Å². The molecule has 0 saturated carbocycles. The molecule has 1 N–H and O–H groups in total. The molecule has 3 aromatic carbocycles. The first kappa shape index (κ1) is 23.9. The first-order chi connectivity index (χ1) is 16.5. The second kappa shape index (κ2) is 11.2. The summed E-state index contributed by atoms with van der Waals surface area (Å²) in [4.78, 5) is 17.7. The second-order valence-corrected chi connectivity index (χ2v) is 9.21. The number of ether oxygens (including phenoxy) is 2. The smallest absolute Gasteiger partial charge is 0.344 e. The van der Waals surface area contributed by atoms with Crippen molar-refractivity contribution >= 4 is 50.5 Å². The van der Waals surface area contributed by atoms with E-state index >= 15 is 0 Å². The van der Waals surface area contributed by atoms with Crippen molar-refractivity contribution in [3.63, 3.8) is 0 Å². The number of thioether (sulfide) groups is 1. The number of carbonyl (C=O) groups is 1. The number of aliphatic hydroxyl groups excluding tert-OH is 1. The molecule has 0 saturated heterocycles. The average molecular weight is 536 g/mol. The van der Waals surface area contributed by atoms with Crippen molar-refractivity contribution in [1.82, 2.24) is 0 Å². The van der Waals surface area contributed by atoms with E-state index in [1.807, 2.05) is 78.9 Å². The first-order valence-corrected chi connectivity index (χ1v) is 12.3. The van der Waals surface area contributed by atoms with E-state index in [9.17, 15) is 9.90 Å². The zero-order valence-corrected chi connectivity index (χ0v) is 20.8. The van der Waals surface area contributed by atoms with E-state index in [2.05, 4.69) is 20.9 Å². The Kier molecular flexibility index (Phi) is 7.87. The molecule has 4 rings (SSSR count). The van der Waals surface area contributed by atoms with Crippen molar-refractivity contribution in [2.24, 2.45) is 4.99 Å². The van der Waals surface area contributed by atoms with Crippen molar-refractivity contribution in [1.29, 1.82) is 0 Å². The Morgan fingerprint density at radius 3 is 2.47 bits per heavy atom. The summed E-state index contributed by atoms with van der Waals surface area (Å²) in [7, 11) is 0. The van der Waals surface area contributed by atoms with Gasteiger partial charge in [-0.25, -0.2) is 9.79 Å². The molecule has 0 amide bonds. The number of halogens is 1. The van der Waals surface area contributed by atoms with Crippen LogP contribution in [0.5, 0.6) is 5.75 Å². The van der Waals surface area contributed by atoms with Crippen LogP contribution in [0.25, 0.3) is 6.08 Å². The van der Waals surface area contributed by atoms with E-state index in [1.54, 1.807) is 13.0 Å². The number of carbonyl (C=O) groups excluding carboxylic acids is 1. The Bertz CT molecular complexity index is 1270. The predicted molar refractivity (Wildman–Crippen MR) is 140 cm³/mol. The molecule has 172 valence electrons. The van der Waals surface area contributed by atoms with Crippen LogP contribution in [0.4, 0.5) is 5.69 Å². The van der Waals surface area contributed by atoms with Crippen molar-refractivity contribution in [2.75, 3.05) is 6.61 Å². The van der Waals surface area contributed by atoms with Crippen molar-refractivity contribution in [3.8, 4) is 5.75 Å². The SMILES string of the molecule is CCOC(=O)C1=C(O)/C(=C/c2ccccc2OCc2ccc(Br)cc2)SC1=Nc1ccccc1. The number of benzene rings is 3. The van der Waals surface area contributed by atoms with Crippen LogP contribution in [0.15, 0.2) is 105 Å². The van der Waals surface area contributed by atoms with Crippen LogP contribution in [0, 0.1) is 0 Å². The fourth-order valence-corrected chi connectivity index (χ4v) is 4.52. The number of nitrogens with zero attached hydrogens (tertiary/aromatic N) is 1. The van der Waals surface area contributed by atoms with E-state index in [1.165, 1.54) is 11.8 Å². The molecule has 0 unspecified atom stereocenters. The number of aliphatic imine (C=N–C) groups is 1. The molecule has 34 heavy (non-hydrogen) atoms. The summed E-state index contributed by atoms with van der Waals surface area (Å²) in [6.07, 6.45) is 1.80. The summed E-state index contributed by atoms with van der Waals surface area (Å²) in [6.45, 7) is 2.32. The molecule has 7 heteroatoms. The standard InChI is InChI=1S/C27H22BrNO4S/c1-2-32-27(31)24-25(30)23(34-26(24)29-21-9-4-3-5-10-21)16-19-8-6-7-11-22(19)33-17-18-12-14-20(28)15-13-18/h3-16,30H,2,17H2,1H3/b23-16-,29-26?. The third kappa shape index (κ3) is 5.79. The minimum Gasteiger partial charge on any atom is -0.506 e. The van der Waals surface area contributed by atoms with Crippen LogP contribution in [0.2, 0.25) is 0 Å². The van der Waals surface area contributed by atoms with Gasteiger partial charge in [0.2, 0.25) is 0 Å². The van der Waals surface area contributed by atoms with Gasteiger partial charge >= 0.3 is 5.97 Å². The third-order valence-electron chi connectivity index (χ3n) is 4.87. The molecule has 0 aromatic heterocycles. The van der Waals surface area contributed by atoms with Gasteiger partial charge in [0.15, 0.2) is 0 Å². The van der Waals surface area contributed by atoms with Gasteiger partial charge in [-0.15, -0.1) is 0 Å². The van der Waals surface area contributed by atoms with Gasteiger partial charge in [-0.1, -0.05) is 76.2 Å². The predicted octanol–water partition coefficient (Wildman–Crippen LogP) is 7.22. The maximum atomic E-state index is 12.6. The molecule has 0 fully saturated rings. The van der Waals surface area contributed by atoms with E-state index < -0.39 is 5.97 Å². The largest absolute Gasteiger partial charge is 0.506 e. The molecule has 1 aliphatic rings. The van der Waals surface area contributed by atoms with Crippen LogP contribution in [-0.2, 0) is 16.1 Å². The highest BCUT2D eigenvalue weighted by molar-refractivity contribution is 9.10. The van der Waals surface area contributed by atoms with Gasteiger partial charge in [0.25, 0.3) is 0 Å². The molecule has 0 spiro atoms. The number of para-hydroxylation sites is 2. The lowest BCUT2D eigenvalue weighted by Crippen LogP contribution is -2.12. The Balaban J connectivity index is 1.65. The van der Waals surface area contributed by atoms with Gasteiger partial charge in [-0.05, 0) is 48.9 Å². The maximum Gasteiger partial charge on any atom is 0.344 e. The van der Waals surface area contributed by atoms with Crippen molar-refractivity contribution in [3.05, 3.63) is 111 Å². The quantitative estimate of drug-likeness (QED) is 0.323. The highest BCUT2D eigenvalue weighted by atomic mass is 79.9. The van der Waals surface area contributed by atoms with Gasteiger partial charge in [0.05, 0.1) is 17.2 Å². The van der Waals surface area contributed by atoms with Crippen molar-refractivity contribution < 1.29 is 19.4 Å². The topological polar surface area (TPSA) is 68.1 Å². The molecule has 0 atom stereocenters. The van der Waals surface area contributed by atoms with Crippen LogP contribution in [0.3, 0.4) is 0 Å². The van der Waals surface area contributed by atoms with Gasteiger partial charge in [0.1, 0.15) is 28.7 Å². The highest BCUT2D eigenvalue weighted by Gasteiger charge is 2.33. The molecular formula is C27H22BrNO4S. The highest BCUT2D eigenvalue weighted by Crippen LogP contribution is 2.41. The van der Waals surface area contributed by atoms with Gasteiger partial charge in [-0.3, -0.25) is 0 Å². The minimum absolute atomic E-state index is 0.0650. The fraction of sp³-hybridized carbons (Fsp3) is 0.111. The fourth-order valence-electron chi connectivity index (χ4n) is 3.23. The summed E-state index contributed by atoms with van der Waals surface area (Å²) in [6, 6.07) is 24.8. The van der Waals surface area contributed by atoms with Crippen LogP contribution in [-0.4, -0.2) is 22.7 Å². The van der Waals surface area contributed by atoms with Crippen LogP contribution >= 0.6 is 27.7 Å². The van der Waals surface area contributed by atoms with Gasteiger partial charge in [-0.2, -0.15) is 0 Å². The summed E-state index contributed by atoms with van der Waals surface area (Å²) < 4.78 is 12.2. The lowest BCUT2D eigenvalue weighted by Gasteiger charge is -2.10. The molecule has 1 aliphatic heterocycles. The maximum absolute atomic E-state index is 12.6. The molecule has 5 nitrogen and oxygen atoms in total. The molecular weight excluding hydrogens is 514 g/mol. The molecule has 3 aromatic rings. The molecule has 0 aliphatic carbocycles. The van der Waals surface area contributed by atoms with E-state index in [4.69, 9.17) is 9.47 Å². The molecule has 0 radical (unpaired) electrons. The van der Waals surface area contributed by atoms with E-state index in [-0.39, 0.29) is 17.9 Å². The van der Waals surface area contributed by atoms with E-state index in [0.29, 0.717) is 28.0 Å². The third-order valence-corrected chi connectivity index (χ3v) is 6.42. The summed E-state index contributed by atoms with van der Waals surface area (Å²) in [5, 5.41) is 11.3. The van der Waals surface area contributed by atoms with E-state index in [0.717, 1.165) is 15.6 Å². The zero-order chi connectivity index (χ0) is 23.9. The van der Waals surface area contributed by atoms with Crippen LogP contribution in [0.1, 0.15) is 18.1 Å². The summed E-state index contributed by atoms with van der Waals surface area (Å²) in [5.41, 5.74) is 2.55. The molecule has 0 bridgehead atoms. The summed E-state index contributed by atoms with van der Waals surface area (Å²) >= 11 is 4.66. The minimum atomic E-state index is -0.606. The Morgan fingerprint density at radius 1 is 1.03 bits per heavy atom.